The zero-order valence-corrected chi connectivity index (χ0v) is 19.2. The van der Waals surface area contributed by atoms with E-state index in [-0.39, 0.29) is 23.9 Å². The molecule has 0 unspecified atom stereocenters. The first-order valence-corrected chi connectivity index (χ1v) is 11.3. The third-order valence-corrected chi connectivity index (χ3v) is 6.22. The lowest BCUT2D eigenvalue weighted by Crippen LogP contribution is -2.27. The molecule has 0 fully saturated rings. The van der Waals surface area contributed by atoms with E-state index >= 15 is 0 Å². The number of benzene rings is 2. The van der Waals surface area contributed by atoms with Crippen molar-refractivity contribution in [1.82, 2.24) is 9.99 Å². The van der Waals surface area contributed by atoms with E-state index < -0.39 is 12.0 Å². The molecule has 0 aliphatic carbocycles. The van der Waals surface area contributed by atoms with E-state index in [9.17, 15) is 9.59 Å². The van der Waals surface area contributed by atoms with E-state index in [4.69, 9.17) is 26.2 Å². The quantitative estimate of drug-likeness (QED) is 0.540. The minimum Gasteiger partial charge on any atom is -0.486 e. The van der Waals surface area contributed by atoms with Gasteiger partial charge in [-0.25, -0.2) is 9.99 Å². The van der Waals surface area contributed by atoms with Gasteiger partial charge in [0.05, 0.1) is 23.7 Å². The number of carbonyl (C=O) groups excluding carboxylic acids is 1. The molecule has 0 saturated carbocycles. The zero-order valence-electron chi connectivity index (χ0n) is 18.5. The van der Waals surface area contributed by atoms with Gasteiger partial charge in [-0.1, -0.05) is 41.4 Å². The Bertz CT molecular complexity index is 1320. The highest BCUT2D eigenvalue weighted by Gasteiger charge is 2.35. The molecule has 9 heteroatoms. The van der Waals surface area contributed by atoms with Gasteiger partial charge >= 0.3 is 5.97 Å². The molecule has 0 bridgehead atoms. The summed E-state index contributed by atoms with van der Waals surface area (Å²) in [5, 5.41) is 16.0. The number of pyridine rings is 1. The molecule has 5 rings (SSSR count). The second-order valence-corrected chi connectivity index (χ2v) is 8.68. The number of carboxylic acids is 1. The highest BCUT2D eigenvalue weighted by atomic mass is 35.5. The van der Waals surface area contributed by atoms with Gasteiger partial charge in [0.25, 0.3) is 0 Å². The van der Waals surface area contributed by atoms with E-state index in [0.717, 1.165) is 22.2 Å². The van der Waals surface area contributed by atoms with Crippen molar-refractivity contribution in [3.05, 3.63) is 64.3 Å². The minimum atomic E-state index is -1.04. The van der Waals surface area contributed by atoms with E-state index in [1.54, 1.807) is 6.07 Å². The van der Waals surface area contributed by atoms with Crippen LogP contribution in [-0.2, 0) is 9.59 Å². The molecule has 2 aromatic carbocycles. The van der Waals surface area contributed by atoms with Gasteiger partial charge in [-0.3, -0.25) is 9.59 Å². The molecular formula is C25H22ClN3O5. The second kappa shape index (κ2) is 8.95. The van der Waals surface area contributed by atoms with Crippen LogP contribution >= 0.6 is 11.6 Å². The summed E-state index contributed by atoms with van der Waals surface area (Å²) in [6.45, 7) is 2.94. The summed E-state index contributed by atoms with van der Waals surface area (Å²) in [4.78, 5) is 28.6. The van der Waals surface area contributed by atoms with Crippen molar-refractivity contribution >= 4 is 40.1 Å². The Labute approximate surface area is 200 Å². The Balaban J connectivity index is 1.54. The summed E-state index contributed by atoms with van der Waals surface area (Å²) in [6, 6.07) is 12.9. The summed E-state index contributed by atoms with van der Waals surface area (Å²) >= 11 is 6.61. The number of carboxylic acid groups (broad SMARTS) is 1. The van der Waals surface area contributed by atoms with Crippen LogP contribution in [0, 0.1) is 6.92 Å². The number of fused-ring (bicyclic) bond motifs is 2. The summed E-state index contributed by atoms with van der Waals surface area (Å²) in [6.07, 6.45) is -0.00221. The van der Waals surface area contributed by atoms with Crippen LogP contribution in [0.15, 0.2) is 47.6 Å². The van der Waals surface area contributed by atoms with Crippen LogP contribution in [0.3, 0.4) is 0 Å². The van der Waals surface area contributed by atoms with Gasteiger partial charge in [-0.05, 0) is 24.6 Å². The number of hydrazone groups is 1. The first kappa shape index (κ1) is 22.2. The number of rotatable bonds is 5. The summed E-state index contributed by atoms with van der Waals surface area (Å²) in [5.41, 5.74) is 4.03. The fourth-order valence-corrected chi connectivity index (χ4v) is 4.44. The molecule has 8 nitrogen and oxygen atoms in total. The molecule has 0 saturated heterocycles. The largest absolute Gasteiger partial charge is 0.486 e. The van der Waals surface area contributed by atoms with Gasteiger partial charge in [0.2, 0.25) is 5.91 Å². The van der Waals surface area contributed by atoms with Crippen LogP contribution < -0.4 is 9.47 Å². The van der Waals surface area contributed by atoms with E-state index in [0.29, 0.717) is 42.2 Å². The van der Waals surface area contributed by atoms with Gasteiger partial charge < -0.3 is 14.6 Å². The topological polar surface area (TPSA) is 101 Å². The van der Waals surface area contributed by atoms with Crippen LogP contribution in [0.2, 0.25) is 5.15 Å². The molecule has 3 heterocycles. The van der Waals surface area contributed by atoms with Crippen LogP contribution in [0.4, 0.5) is 0 Å². The molecule has 2 aliphatic rings. The van der Waals surface area contributed by atoms with E-state index in [1.165, 1.54) is 5.01 Å². The van der Waals surface area contributed by atoms with Gasteiger partial charge in [0, 0.05) is 29.9 Å². The van der Waals surface area contributed by atoms with Crippen molar-refractivity contribution in [1.29, 1.82) is 0 Å². The highest BCUT2D eigenvalue weighted by molar-refractivity contribution is 6.30. The normalized spacial score (nSPS) is 17.1. The van der Waals surface area contributed by atoms with Crippen molar-refractivity contribution in [3.63, 3.8) is 0 Å². The average Bonchev–Trinajstić information content (AvgIpc) is 3.26. The monoisotopic (exact) mass is 479 g/mol. The lowest BCUT2D eigenvalue weighted by atomic mass is 9.97. The minimum absolute atomic E-state index is 0.159. The molecule has 174 valence electrons. The summed E-state index contributed by atoms with van der Waals surface area (Å²) in [7, 11) is 0. The number of aryl methyl sites for hydroxylation is 1. The number of hydrogen-bond donors (Lipinski definition) is 1. The van der Waals surface area contributed by atoms with Crippen molar-refractivity contribution in [2.45, 2.75) is 32.2 Å². The Morgan fingerprint density at radius 1 is 1.09 bits per heavy atom. The van der Waals surface area contributed by atoms with Gasteiger partial charge in [0.15, 0.2) is 11.5 Å². The van der Waals surface area contributed by atoms with Gasteiger partial charge in [0.1, 0.15) is 18.4 Å². The molecule has 1 atom stereocenters. The molecule has 34 heavy (non-hydrogen) atoms. The molecule has 1 N–H and O–H groups in total. The molecule has 0 spiro atoms. The number of halogens is 1. The van der Waals surface area contributed by atoms with Crippen molar-refractivity contribution in [2.24, 2.45) is 5.10 Å². The number of nitrogens with zero attached hydrogens (tertiary/aromatic N) is 3. The van der Waals surface area contributed by atoms with E-state index in [2.05, 4.69) is 10.1 Å². The molecule has 1 aromatic heterocycles. The molecule has 2 aliphatic heterocycles. The van der Waals surface area contributed by atoms with Crippen LogP contribution in [0.5, 0.6) is 11.5 Å². The third-order valence-electron chi connectivity index (χ3n) is 5.92. The number of amides is 1. The number of hydrogen-bond acceptors (Lipinski definition) is 6. The first-order chi connectivity index (χ1) is 16.4. The SMILES string of the molecule is Cc1ccc(C2=NN(C(=O)CCC(=O)O)[C@@H](c3cc4cc5c(cc4nc3Cl)OCCO5)C2)cc1. The molecular weight excluding hydrogens is 458 g/mol. The summed E-state index contributed by atoms with van der Waals surface area (Å²) in [5.74, 6) is -0.172. The maximum Gasteiger partial charge on any atom is 0.303 e. The van der Waals surface area contributed by atoms with Crippen LogP contribution in [-0.4, -0.2) is 45.9 Å². The lowest BCUT2D eigenvalue weighted by Gasteiger charge is -2.23. The fraction of sp³-hybridized carbons (Fsp3) is 0.280. The Morgan fingerprint density at radius 2 is 1.79 bits per heavy atom. The Kier molecular flexibility index (Phi) is 5.83. The summed E-state index contributed by atoms with van der Waals surface area (Å²) < 4.78 is 11.3. The maximum absolute atomic E-state index is 13.0. The fourth-order valence-electron chi connectivity index (χ4n) is 4.17. The molecule has 3 aromatic rings. The predicted octanol–water partition coefficient (Wildman–Crippen LogP) is 4.51. The predicted molar refractivity (Wildman–Crippen MR) is 127 cm³/mol. The van der Waals surface area contributed by atoms with Crippen molar-refractivity contribution < 1.29 is 24.2 Å². The average molecular weight is 480 g/mol. The van der Waals surface area contributed by atoms with Crippen LogP contribution in [0.1, 0.15) is 42.0 Å². The lowest BCUT2D eigenvalue weighted by molar-refractivity contribution is -0.141. The number of carbonyl (C=O) groups is 2. The molecule has 0 radical (unpaired) electrons. The number of aromatic nitrogens is 1. The highest BCUT2D eigenvalue weighted by Crippen LogP contribution is 2.40. The first-order valence-electron chi connectivity index (χ1n) is 11.0. The van der Waals surface area contributed by atoms with Crippen LogP contribution in [0.25, 0.3) is 10.9 Å². The smallest absolute Gasteiger partial charge is 0.303 e. The van der Waals surface area contributed by atoms with Gasteiger partial charge in [-0.15, -0.1) is 0 Å². The number of aliphatic carboxylic acids is 1. The number of ether oxygens (including phenoxy) is 2. The Hall–Kier alpha value is -3.65. The van der Waals surface area contributed by atoms with Gasteiger partial charge in [-0.2, -0.15) is 5.10 Å². The molecule has 1 amide bonds. The Morgan fingerprint density at radius 3 is 2.50 bits per heavy atom. The van der Waals surface area contributed by atoms with Crippen molar-refractivity contribution in [3.8, 4) is 11.5 Å². The third kappa shape index (κ3) is 4.28. The maximum atomic E-state index is 13.0. The van der Waals surface area contributed by atoms with E-state index in [1.807, 2.05) is 43.3 Å². The standard InChI is InChI=1S/C25H22ClN3O5/c1-14-2-4-15(5-3-14)19-12-20(29(28-19)23(30)6-7-24(31)32)17-10-16-11-21-22(34-9-8-33-21)13-18(16)27-25(17)26/h2-5,10-11,13,20H,6-9,12H2,1H3,(H,31,32)/t20-/m1/s1. The van der Waals surface area contributed by atoms with Crippen molar-refractivity contribution in [2.75, 3.05) is 13.2 Å². The second-order valence-electron chi connectivity index (χ2n) is 8.32. The zero-order chi connectivity index (χ0) is 23.8.